The number of oxazole rings is 1. The number of nitrogens with two attached hydrogens (primary N) is 1. The van der Waals surface area contributed by atoms with Crippen molar-refractivity contribution in [2.75, 3.05) is 0 Å². The molecule has 0 aliphatic heterocycles. The third kappa shape index (κ3) is 4.34. The van der Waals surface area contributed by atoms with E-state index in [9.17, 15) is 13.2 Å². The molecule has 3 aromatic rings. The summed E-state index contributed by atoms with van der Waals surface area (Å²) < 4.78 is 28.5. The van der Waals surface area contributed by atoms with Crippen LogP contribution < -0.4 is 10.6 Å². The Balaban J connectivity index is 2.09. The Kier molecular flexibility index (Phi) is 5.29. The van der Waals surface area contributed by atoms with E-state index in [1.54, 1.807) is 24.3 Å². The number of aromatic nitrogens is 1. The van der Waals surface area contributed by atoms with Gasteiger partial charge in [-0.3, -0.25) is 10.0 Å². The zero-order valence-electron chi connectivity index (χ0n) is 13.7. The summed E-state index contributed by atoms with van der Waals surface area (Å²) >= 11 is 5.91. The quantitative estimate of drug-likeness (QED) is 0.438. The minimum absolute atomic E-state index is 0.0392. The van der Waals surface area contributed by atoms with Gasteiger partial charge in [-0.2, -0.15) is 0 Å². The van der Waals surface area contributed by atoms with Crippen LogP contribution in [0.5, 0.6) is 0 Å². The molecule has 3 rings (SSSR count). The van der Waals surface area contributed by atoms with Gasteiger partial charge in [0.15, 0.2) is 5.76 Å². The zero-order valence-corrected chi connectivity index (χ0v) is 15.3. The second kappa shape index (κ2) is 7.49. The van der Waals surface area contributed by atoms with Gasteiger partial charge in [0.25, 0.3) is 5.91 Å². The van der Waals surface area contributed by atoms with E-state index in [-0.39, 0.29) is 17.2 Å². The first-order chi connectivity index (χ1) is 12.8. The third-order valence-electron chi connectivity index (χ3n) is 3.67. The summed E-state index contributed by atoms with van der Waals surface area (Å²) in [6.45, 7) is 0. The van der Waals surface area contributed by atoms with Gasteiger partial charge in [-0.05, 0) is 36.4 Å². The van der Waals surface area contributed by atoms with E-state index in [1.807, 2.05) is 0 Å². The summed E-state index contributed by atoms with van der Waals surface area (Å²) in [6.07, 6.45) is -0.271. The van der Waals surface area contributed by atoms with Crippen LogP contribution >= 0.6 is 11.6 Å². The summed E-state index contributed by atoms with van der Waals surface area (Å²) in [7, 11) is -3.82. The SMILES string of the molecule is NS(=O)(=O)c1ccc(-c2nc(CC(=O)NO)oc2-c2ccc(Cl)cc2)cc1. The van der Waals surface area contributed by atoms with E-state index in [2.05, 4.69) is 4.98 Å². The van der Waals surface area contributed by atoms with Crippen molar-refractivity contribution in [1.82, 2.24) is 10.5 Å². The number of nitrogens with one attached hydrogen (secondary N) is 1. The fourth-order valence-corrected chi connectivity index (χ4v) is 3.05. The zero-order chi connectivity index (χ0) is 19.6. The van der Waals surface area contributed by atoms with E-state index in [0.717, 1.165) is 0 Å². The molecule has 0 fully saturated rings. The van der Waals surface area contributed by atoms with Crippen LogP contribution in [0, 0.1) is 0 Å². The van der Waals surface area contributed by atoms with Gasteiger partial charge in [0.05, 0.1) is 4.90 Å². The first-order valence-electron chi connectivity index (χ1n) is 7.60. The molecular weight excluding hydrogens is 394 g/mol. The lowest BCUT2D eigenvalue weighted by Gasteiger charge is -2.03. The van der Waals surface area contributed by atoms with E-state index in [0.29, 0.717) is 27.6 Å². The number of halogens is 1. The Morgan fingerprint density at radius 1 is 1.11 bits per heavy atom. The lowest BCUT2D eigenvalue weighted by molar-refractivity contribution is -0.128. The van der Waals surface area contributed by atoms with Crippen LogP contribution in [-0.2, 0) is 21.2 Å². The summed E-state index contributed by atoms with van der Waals surface area (Å²) in [5, 5.41) is 14.3. The number of hydrogen-bond acceptors (Lipinski definition) is 6. The standard InChI is InChI=1S/C17H14ClN3O5S/c18-12-5-1-11(2-6-12)17-16(20-15(26-17)9-14(22)21-23)10-3-7-13(8-4-10)27(19,24)25/h1-8,23H,9H2,(H,21,22)(H2,19,24,25). The molecule has 0 saturated heterocycles. The van der Waals surface area contributed by atoms with Crippen molar-refractivity contribution < 1.29 is 22.8 Å². The van der Waals surface area contributed by atoms with Crippen molar-refractivity contribution in [3.63, 3.8) is 0 Å². The lowest BCUT2D eigenvalue weighted by atomic mass is 10.1. The van der Waals surface area contributed by atoms with Gasteiger partial charge >= 0.3 is 0 Å². The molecule has 0 radical (unpaired) electrons. The van der Waals surface area contributed by atoms with Crippen LogP contribution in [0.4, 0.5) is 0 Å². The molecule has 0 saturated carbocycles. The first-order valence-corrected chi connectivity index (χ1v) is 9.52. The molecule has 140 valence electrons. The fraction of sp³-hybridized carbons (Fsp3) is 0.0588. The van der Waals surface area contributed by atoms with Crippen molar-refractivity contribution in [2.24, 2.45) is 5.14 Å². The van der Waals surface area contributed by atoms with Gasteiger partial charge in [0.2, 0.25) is 15.9 Å². The molecule has 0 aliphatic rings. The molecule has 1 amide bonds. The second-order valence-corrected chi connectivity index (χ2v) is 7.57. The lowest BCUT2D eigenvalue weighted by Crippen LogP contribution is -2.20. The van der Waals surface area contributed by atoms with Crippen molar-refractivity contribution in [3.8, 4) is 22.6 Å². The van der Waals surface area contributed by atoms with Gasteiger partial charge in [-0.15, -0.1) is 0 Å². The summed E-state index contributed by atoms with van der Waals surface area (Å²) in [5.74, 6) is -0.234. The number of sulfonamides is 1. The molecule has 0 spiro atoms. The van der Waals surface area contributed by atoms with E-state index >= 15 is 0 Å². The summed E-state index contributed by atoms with van der Waals surface area (Å²) in [6, 6.07) is 12.6. The van der Waals surface area contributed by atoms with Crippen LogP contribution in [-0.4, -0.2) is 24.5 Å². The van der Waals surface area contributed by atoms with Gasteiger partial charge in [0, 0.05) is 16.1 Å². The van der Waals surface area contributed by atoms with Crippen LogP contribution in [0.2, 0.25) is 5.02 Å². The Labute approximate surface area is 159 Å². The van der Waals surface area contributed by atoms with Crippen molar-refractivity contribution >= 4 is 27.5 Å². The molecule has 27 heavy (non-hydrogen) atoms. The topological polar surface area (TPSA) is 136 Å². The van der Waals surface area contributed by atoms with Crippen molar-refractivity contribution in [2.45, 2.75) is 11.3 Å². The molecule has 0 aliphatic carbocycles. The first kappa shape index (κ1) is 19.1. The average Bonchev–Trinajstić information content (AvgIpc) is 3.05. The highest BCUT2D eigenvalue weighted by Gasteiger charge is 2.19. The maximum absolute atomic E-state index is 11.4. The van der Waals surface area contributed by atoms with E-state index in [1.165, 1.54) is 29.7 Å². The summed E-state index contributed by atoms with van der Waals surface area (Å²) in [5.41, 5.74) is 3.14. The molecule has 0 atom stereocenters. The molecule has 10 heteroatoms. The summed E-state index contributed by atoms with van der Waals surface area (Å²) in [4.78, 5) is 15.7. The van der Waals surface area contributed by atoms with Crippen molar-refractivity contribution in [1.29, 1.82) is 0 Å². The number of rotatable bonds is 5. The average molecular weight is 408 g/mol. The number of amides is 1. The molecule has 4 N–H and O–H groups in total. The van der Waals surface area contributed by atoms with Gasteiger partial charge < -0.3 is 4.42 Å². The Hall–Kier alpha value is -2.72. The maximum Gasteiger partial charge on any atom is 0.252 e. The molecule has 1 aromatic heterocycles. The largest absolute Gasteiger partial charge is 0.439 e. The minimum Gasteiger partial charge on any atom is -0.439 e. The monoisotopic (exact) mass is 407 g/mol. The van der Waals surface area contributed by atoms with Crippen LogP contribution in [0.15, 0.2) is 57.8 Å². The molecule has 8 nitrogen and oxygen atoms in total. The van der Waals surface area contributed by atoms with Crippen LogP contribution in [0.1, 0.15) is 5.89 Å². The number of hydroxylamine groups is 1. The predicted molar refractivity (Wildman–Crippen MR) is 97.4 cm³/mol. The number of carbonyl (C=O) groups is 1. The molecular formula is C17H14ClN3O5S. The van der Waals surface area contributed by atoms with Gasteiger partial charge in [0.1, 0.15) is 12.1 Å². The Morgan fingerprint density at radius 2 is 1.70 bits per heavy atom. The van der Waals surface area contributed by atoms with Crippen molar-refractivity contribution in [3.05, 3.63) is 59.4 Å². The molecule has 1 heterocycles. The normalized spacial score (nSPS) is 11.4. The smallest absolute Gasteiger partial charge is 0.252 e. The highest BCUT2D eigenvalue weighted by atomic mass is 35.5. The second-order valence-electron chi connectivity index (χ2n) is 5.57. The van der Waals surface area contributed by atoms with Gasteiger partial charge in [-0.25, -0.2) is 24.0 Å². The van der Waals surface area contributed by atoms with E-state index in [4.69, 9.17) is 26.4 Å². The highest BCUT2D eigenvalue weighted by Crippen LogP contribution is 2.33. The fourth-order valence-electron chi connectivity index (χ4n) is 2.41. The van der Waals surface area contributed by atoms with Crippen LogP contribution in [0.25, 0.3) is 22.6 Å². The van der Waals surface area contributed by atoms with Gasteiger partial charge in [-0.1, -0.05) is 23.7 Å². The number of carbonyl (C=O) groups excluding carboxylic acids is 1. The number of hydrogen-bond donors (Lipinski definition) is 3. The number of nitrogens with zero attached hydrogens (tertiary/aromatic N) is 1. The minimum atomic E-state index is -3.82. The maximum atomic E-state index is 11.4. The molecule has 0 unspecified atom stereocenters. The van der Waals surface area contributed by atoms with Crippen LogP contribution in [0.3, 0.4) is 0 Å². The number of primary sulfonamides is 1. The third-order valence-corrected chi connectivity index (χ3v) is 4.85. The highest BCUT2D eigenvalue weighted by molar-refractivity contribution is 7.89. The number of benzene rings is 2. The van der Waals surface area contributed by atoms with E-state index < -0.39 is 15.9 Å². The Morgan fingerprint density at radius 3 is 2.26 bits per heavy atom. The Bertz CT molecular complexity index is 1080. The predicted octanol–water partition coefficient (Wildman–Crippen LogP) is 2.36. The molecule has 0 bridgehead atoms. The molecule has 2 aromatic carbocycles.